The fraction of sp³-hybridized carbons (Fsp3) is 0.919. The molecule has 0 N–H and O–H groups in total. The third kappa shape index (κ3) is 55.1. The fourth-order valence-corrected chi connectivity index (χ4v) is 9.39. The summed E-state index contributed by atoms with van der Waals surface area (Å²) in [7, 11) is 0. The topological polar surface area (TPSA) is 78.9 Å². The van der Waals surface area contributed by atoms with Crippen molar-refractivity contribution < 1.29 is 28.6 Å². The van der Waals surface area contributed by atoms with E-state index < -0.39 is 6.10 Å². The molecule has 0 aliphatic rings. The lowest BCUT2D eigenvalue weighted by atomic mass is 10.0. The zero-order valence-corrected chi connectivity index (χ0v) is 46.2. The summed E-state index contributed by atoms with van der Waals surface area (Å²) >= 11 is 0. The SMILES string of the molecule is CCC/C=C\CCCCCCCC(=O)OCC(COC(=O)CCCCCCCCCCCCCCCCCCCCCCCCCCCCC)OC(=O)CCCCCCCCCCCCCCC. The van der Waals surface area contributed by atoms with Crippen LogP contribution in [0.15, 0.2) is 12.2 Å². The molecule has 0 spiro atoms. The van der Waals surface area contributed by atoms with Gasteiger partial charge in [-0.3, -0.25) is 14.4 Å². The summed E-state index contributed by atoms with van der Waals surface area (Å²) in [6.07, 6.45) is 66.7. The van der Waals surface area contributed by atoms with Gasteiger partial charge in [-0.05, 0) is 38.5 Å². The quantitative estimate of drug-likeness (QED) is 0.0262. The van der Waals surface area contributed by atoms with Crippen LogP contribution in [0.5, 0.6) is 0 Å². The number of hydrogen-bond acceptors (Lipinski definition) is 6. The minimum Gasteiger partial charge on any atom is -0.462 e. The first-order valence-electron chi connectivity index (χ1n) is 30.7. The second kappa shape index (κ2) is 57.7. The Kier molecular flexibility index (Phi) is 56.2. The first-order valence-corrected chi connectivity index (χ1v) is 30.7. The number of unbranched alkanes of at least 4 members (excludes halogenated alkanes) is 44. The number of allylic oxidation sites excluding steroid dienone is 2. The van der Waals surface area contributed by atoms with E-state index in [0.717, 1.165) is 70.6 Å². The molecule has 0 aliphatic heterocycles. The molecule has 6 heteroatoms. The number of hydrogen-bond donors (Lipinski definition) is 0. The highest BCUT2D eigenvalue weighted by Gasteiger charge is 2.19. The van der Waals surface area contributed by atoms with Crippen molar-refractivity contribution in [3.63, 3.8) is 0 Å². The van der Waals surface area contributed by atoms with Crippen LogP contribution in [0.4, 0.5) is 0 Å². The summed E-state index contributed by atoms with van der Waals surface area (Å²) in [5.74, 6) is -0.855. The average Bonchev–Trinajstić information content (AvgIpc) is 3.34. The average molecular weight is 960 g/mol. The van der Waals surface area contributed by atoms with Crippen molar-refractivity contribution in [2.45, 2.75) is 354 Å². The van der Waals surface area contributed by atoms with E-state index in [1.807, 2.05) is 0 Å². The van der Waals surface area contributed by atoms with Crippen LogP contribution in [0.3, 0.4) is 0 Å². The van der Waals surface area contributed by atoms with Gasteiger partial charge in [0, 0.05) is 19.3 Å². The van der Waals surface area contributed by atoms with Gasteiger partial charge in [-0.2, -0.15) is 0 Å². The van der Waals surface area contributed by atoms with Gasteiger partial charge >= 0.3 is 17.9 Å². The molecule has 0 aromatic carbocycles. The number of carbonyl (C=O) groups excluding carboxylic acids is 3. The molecular weight excluding hydrogens is 841 g/mol. The first kappa shape index (κ1) is 66.2. The molecule has 0 bridgehead atoms. The Morgan fingerprint density at radius 2 is 0.515 bits per heavy atom. The van der Waals surface area contributed by atoms with Gasteiger partial charge in [-0.25, -0.2) is 0 Å². The number of rotatable bonds is 57. The van der Waals surface area contributed by atoms with Crippen LogP contribution in [-0.4, -0.2) is 37.2 Å². The Hall–Kier alpha value is -1.85. The molecule has 0 amide bonds. The second-order valence-corrected chi connectivity index (χ2v) is 21.0. The highest BCUT2D eigenvalue weighted by Crippen LogP contribution is 2.18. The Balaban J connectivity index is 4.07. The van der Waals surface area contributed by atoms with Gasteiger partial charge in [-0.15, -0.1) is 0 Å². The molecule has 0 radical (unpaired) electrons. The van der Waals surface area contributed by atoms with E-state index in [-0.39, 0.29) is 31.1 Å². The molecule has 0 rings (SSSR count). The van der Waals surface area contributed by atoms with Gasteiger partial charge in [0.2, 0.25) is 0 Å². The lowest BCUT2D eigenvalue weighted by molar-refractivity contribution is -0.167. The molecule has 0 fully saturated rings. The largest absolute Gasteiger partial charge is 0.462 e. The van der Waals surface area contributed by atoms with Crippen molar-refractivity contribution in [1.29, 1.82) is 0 Å². The lowest BCUT2D eigenvalue weighted by Crippen LogP contribution is -2.30. The maximum Gasteiger partial charge on any atom is 0.306 e. The van der Waals surface area contributed by atoms with E-state index in [0.29, 0.717) is 19.3 Å². The van der Waals surface area contributed by atoms with Crippen molar-refractivity contribution in [1.82, 2.24) is 0 Å². The van der Waals surface area contributed by atoms with Crippen molar-refractivity contribution >= 4 is 17.9 Å². The standard InChI is InChI=1S/C62H118O6/c1-4-7-10-13-16-19-22-24-25-26-27-28-29-30-31-32-33-34-35-36-37-39-40-43-46-49-52-55-61(64)67-58-59(57-66-60(63)54-51-48-45-42-21-18-15-12-9-6-3)68-62(65)56-53-50-47-44-41-38-23-20-17-14-11-8-5-2/h12,15,59H,4-11,13-14,16-58H2,1-3H3/b15-12-. The molecule has 1 atom stereocenters. The normalized spacial score (nSPS) is 12.0. The van der Waals surface area contributed by atoms with Crippen LogP contribution >= 0.6 is 0 Å². The molecule has 0 aromatic heterocycles. The van der Waals surface area contributed by atoms with Crippen LogP contribution in [0.1, 0.15) is 348 Å². The highest BCUT2D eigenvalue weighted by atomic mass is 16.6. The van der Waals surface area contributed by atoms with Gasteiger partial charge < -0.3 is 14.2 Å². The smallest absolute Gasteiger partial charge is 0.306 e. The highest BCUT2D eigenvalue weighted by molar-refractivity contribution is 5.71. The second-order valence-electron chi connectivity index (χ2n) is 21.0. The van der Waals surface area contributed by atoms with E-state index in [2.05, 4.69) is 32.9 Å². The van der Waals surface area contributed by atoms with E-state index >= 15 is 0 Å². The molecule has 1 unspecified atom stereocenters. The Labute approximate surface area is 424 Å². The van der Waals surface area contributed by atoms with Crippen LogP contribution in [-0.2, 0) is 28.6 Å². The van der Waals surface area contributed by atoms with Gasteiger partial charge in [0.05, 0.1) is 0 Å². The van der Waals surface area contributed by atoms with Gasteiger partial charge in [0.1, 0.15) is 13.2 Å². The van der Waals surface area contributed by atoms with Crippen molar-refractivity contribution in [3.8, 4) is 0 Å². The molecular formula is C62H118O6. The van der Waals surface area contributed by atoms with Gasteiger partial charge in [0.25, 0.3) is 0 Å². The molecule has 6 nitrogen and oxygen atoms in total. The minimum atomic E-state index is -0.767. The maximum absolute atomic E-state index is 12.8. The monoisotopic (exact) mass is 959 g/mol. The zero-order valence-electron chi connectivity index (χ0n) is 46.2. The summed E-state index contributed by atoms with van der Waals surface area (Å²) in [5.41, 5.74) is 0. The lowest BCUT2D eigenvalue weighted by Gasteiger charge is -2.18. The van der Waals surface area contributed by atoms with Gasteiger partial charge in [-0.1, -0.05) is 303 Å². The van der Waals surface area contributed by atoms with Crippen LogP contribution in [0, 0.1) is 0 Å². The van der Waals surface area contributed by atoms with Crippen LogP contribution in [0.2, 0.25) is 0 Å². The summed E-state index contributed by atoms with van der Waals surface area (Å²) in [6, 6.07) is 0. The third-order valence-corrected chi connectivity index (χ3v) is 14.0. The maximum atomic E-state index is 12.8. The molecule has 0 aromatic rings. The number of carbonyl (C=O) groups is 3. The Morgan fingerprint density at radius 3 is 0.794 bits per heavy atom. The van der Waals surface area contributed by atoms with E-state index in [1.54, 1.807) is 0 Å². The Morgan fingerprint density at radius 1 is 0.279 bits per heavy atom. The summed E-state index contributed by atoms with van der Waals surface area (Å²) in [6.45, 7) is 6.63. The summed E-state index contributed by atoms with van der Waals surface area (Å²) in [5, 5.41) is 0. The number of ether oxygens (including phenoxy) is 3. The molecule has 0 saturated heterocycles. The van der Waals surface area contributed by atoms with Crippen molar-refractivity contribution in [2.24, 2.45) is 0 Å². The zero-order chi connectivity index (χ0) is 49.3. The molecule has 0 heterocycles. The predicted octanol–water partition coefficient (Wildman–Crippen LogP) is 20.5. The molecule has 0 saturated carbocycles. The van der Waals surface area contributed by atoms with E-state index in [4.69, 9.17) is 14.2 Å². The molecule has 0 aliphatic carbocycles. The predicted molar refractivity (Wildman–Crippen MR) is 293 cm³/mol. The number of esters is 3. The fourth-order valence-electron chi connectivity index (χ4n) is 9.39. The van der Waals surface area contributed by atoms with E-state index in [1.165, 1.54) is 238 Å². The first-order chi connectivity index (χ1) is 33.5. The van der Waals surface area contributed by atoms with Crippen LogP contribution < -0.4 is 0 Å². The molecule has 402 valence electrons. The summed E-state index contributed by atoms with van der Waals surface area (Å²) in [4.78, 5) is 38.0. The molecule has 68 heavy (non-hydrogen) atoms. The summed E-state index contributed by atoms with van der Waals surface area (Å²) < 4.78 is 16.8. The van der Waals surface area contributed by atoms with Crippen molar-refractivity contribution in [3.05, 3.63) is 12.2 Å². The Bertz CT molecular complexity index is 1060. The van der Waals surface area contributed by atoms with Crippen molar-refractivity contribution in [2.75, 3.05) is 13.2 Å². The minimum absolute atomic E-state index is 0.0668. The van der Waals surface area contributed by atoms with E-state index in [9.17, 15) is 14.4 Å². The van der Waals surface area contributed by atoms with Crippen LogP contribution in [0.25, 0.3) is 0 Å². The van der Waals surface area contributed by atoms with Gasteiger partial charge in [0.15, 0.2) is 6.10 Å². The third-order valence-electron chi connectivity index (χ3n) is 14.0.